The minimum Gasteiger partial charge on any atom is -0.444 e. The van der Waals surface area contributed by atoms with Crippen molar-refractivity contribution in [3.8, 4) is 0 Å². The Bertz CT molecular complexity index is 1060. The van der Waals surface area contributed by atoms with E-state index in [1.807, 2.05) is 19.0 Å². The van der Waals surface area contributed by atoms with Gasteiger partial charge in [-0.15, -0.1) is 4.28 Å². The van der Waals surface area contributed by atoms with Crippen LogP contribution in [0, 0.1) is 0 Å². The first-order chi connectivity index (χ1) is 15.7. The van der Waals surface area contributed by atoms with Gasteiger partial charge in [0.25, 0.3) is 0 Å². The number of carbonyl (C=O) groups excluding carboxylic acids is 3. The number of hydroxylamine groups is 2. The third-order valence-electron chi connectivity index (χ3n) is 4.97. The van der Waals surface area contributed by atoms with Crippen molar-refractivity contribution >= 4 is 28.6 Å². The second-order valence-corrected chi connectivity index (χ2v) is 10.1. The van der Waals surface area contributed by atoms with Gasteiger partial charge >= 0.3 is 28.6 Å². The van der Waals surface area contributed by atoms with Crippen LogP contribution in [0.15, 0.2) is 6.20 Å². The number of nitrogens with zero attached hydrogens (tertiary/aromatic N) is 5. The molecule has 3 rings (SSSR count). The molecule has 1 aromatic heterocycles. The molecule has 2 bridgehead atoms. The third kappa shape index (κ3) is 5.94. The largest absolute Gasteiger partial charge is 0.444 e. The maximum atomic E-state index is 12.8. The van der Waals surface area contributed by atoms with Gasteiger partial charge in [0.2, 0.25) is 0 Å². The van der Waals surface area contributed by atoms with Gasteiger partial charge in [-0.1, -0.05) is 0 Å². The smallest absolute Gasteiger partial charge is 0.418 e. The van der Waals surface area contributed by atoms with E-state index in [2.05, 4.69) is 20.0 Å². The Labute approximate surface area is 196 Å². The van der Waals surface area contributed by atoms with Gasteiger partial charge in [0.15, 0.2) is 0 Å². The molecule has 1 fully saturated rings. The van der Waals surface area contributed by atoms with Crippen LogP contribution in [-0.4, -0.2) is 102 Å². The Kier molecular flexibility index (Phi) is 7.07. The monoisotopic (exact) mass is 503 g/mol. The summed E-state index contributed by atoms with van der Waals surface area (Å²) in [5.41, 5.74) is -0.141. The lowest BCUT2D eigenvalue weighted by Gasteiger charge is -2.30. The number of likely N-dealkylation sites (N-methyl/N-ethyl adjacent to an activating group) is 1. The Morgan fingerprint density at radius 1 is 1.29 bits per heavy atom. The van der Waals surface area contributed by atoms with Crippen molar-refractivity contribution in [3.63, 3.8) is 0 Å². The van der Waals surface area contributed by atoms with Gasteiger partial charge in [-0.05, 0) is 34.9 Å². The van der Waals surface area contributed by atoms with Gasteiger partial charge in [0.1, 0.15) is 11.6 Å². The molecule has 0 aliphatic carbocycles. The predicted octanol–water partition coefficient (Wildman–Crippen LogP) is 0.0949. The Morgan fingerprint density at radius 2 is 1.97 bits per heavy atom. The summed E-state index contributed by atoms with van der Waals surface area (Å²) in [5, 5.41) is 10.1. The molecule has 0 aromatic carbocycles. The van der Waals surface area contributed by atoms with Crippen molar-refractivity contribution in [2.24, 2.45) is 0 Å². The van der Waals surface area contributed by atoms with Gasteiger partial charge in [-0.2, -0.15) is 23.3 Å². The zero-order valence-corrected chi connectivity index (χ0v) is 20.3. The fraction of sp³-hybridized carbons (Fsp3) is 0.667. The van der Waals surface area contributed by atoms with Crippen molar-refractivity contribution in [2.75, 3.05) is 40.3 Å². The van der Waals surface area contributed by atoms with E-state index in [1.54, 1.807) is 20.8 Å². The summed E-state index contributed by atoms with van der Waals surface area (Å²) in [6, 6.07) is -3.18. The Morgan fingerprint density at radius 3 is 2.56 bits per heavy atom. The first-order valence-electron chi connectivity index (χ1n) is 10.4. The molecule has 15 nitrogen and oxygen atoms in total. The lowest BCUT2D eigenvalue weighted by Crippen LogP contribution is -2.42. The van der Waals surface area contributed by atoms with E-state index in [0.717, 1.165) is 4.68 Å². The standard InChI is InChI=1S/C18H29N7O8S/c1-18(2,3)32-16(27)20-8-12-14-11(9-24(21-14)15(26)19-6-7-22(4)5)13-10-23(12)17(28)25(13)33-34(29,30)31/h9,12-13H,6-8,10H2,1-5H3,(H,19,26)(H,20,27)(H,29,30,31)/t12?,13-/m1/s1. The van der Waals surface area contributed by atoms with Crippen LogP contribution in [0.5, 0.6) is 0 Å². The number of hydrogen-bond acceptors (Lipinski definition) is 9. The first-order valence-corrected chi connectivity index (χ1v) is 11.8. The van der Waals surface area contributed by atoms with Crippen LogP contribution in [0.1, 0.15) is 44.1 Å². The molecular weight excluding hydrogens is 474 g/mol. The van der Waals surface area contributed by atoms with Crippen LogP contribution in [0.4, 0.5) is 14.4 Å². The number of ether oxygens (including phenoxy) is 1. The highest BCUT2D eigenvalue weighted by Crippen LogP contribution is 2.43. The molecule has 2 atom stereocenters. The van der Waals surface area contributed by atoms with Gasteiger partial charge < -0.3 is 25.2 Å². The van der Waals surface area contributed by atoms with Crippen LogP contribution in [-0.2, 0) is 19.4 Å². The van der Waals surface area contributed by atoms with E-state index in [1.165, 1.54) is 11.1 Å². The number of hydrogen-bond donors (Lipinski definition) is 3. The second kappa shape index (κ2) is 9.36. The molecule has 1 unspecified atom stereocenters. The third-order valence-corrected chi connectivity index (χ3v) is 5.32. The number of fused-ring (bicyclic) bond motifs is 4. The molecule has 4 amide bonds. The molecule has 2 aliphatic rings. The molecule has 190 valence electrons. The van der Waals surface area contributed by atoms with Crippen molar-refractivity contribution < 1.29 is 36.4 Å². The zero-order valence-electron chi connectivity index (χ0n) is 19.5. The van der Waals surface area contributed by atoms with Gasteiger partial charge in [-0.25, -0.2) is 14.4 Å². The van der Waals surface area contributed by atoms with Crippen LogP contribution in [0.2, 0.25) is 0 Å². The molecule has 16 heteroatoms. The highest BCUT2D eigenvalue weighted by molar-refractivity contribution is 7.80. The Balaban J connectivity index is 1.88. The van der Waals surface area contributed by atoms with Gasteiger partial charge in [-0.3, -0.25) is 4.55 Å². The normalized spacial score (nSPS) is 19.9. The van der Waals surface area contributed by atoms with E-state index >= 15 is 0 Å². The minimum atomic E-state index is -5.00. The van der Waals surface area contributed by atoms with Crippen LogP contribution < -0.4 is 10.6 Å². The molecule has 0 radical (unpaired) electrons. The SMILES string of the molecule is CN(C)CCNC(=O)n1cc2c(n1)C(CNC(=O)OC(C)(C)C)N1C[C@H]2N(OS(=O)(=O)O)C1=O. The average molecular weight is 504 g/mol. The quantitative estimate of drug-likeness (QED) is 0.432. The summed E-state index contributed by atoms with van der Waals surface area (Å²) in [6.07, 6.45) is 0.636. The van der Waals surface area contributed by atoms with E-state index in [4.69, 9.17) is 9.29 Å². The summed E-state index contributed by atoms with van der Waals surface area (Å²) in [6.45, 7) is 5.89. The minimum absolute atomic E-state index is 0.0179. The fourth-order valence-corrected chi connectivity index (χ4v) is 3.98. The molecular formula is C18H29N7O8S. The zero-order chi connectivity index (χ0) is 25.4. The number of amides is 4. The van der Waals surface area contributed by atoms with Gasteiger partial charge in [0, 0.05) is 31.4 Å². The van der Waals surface area contributed by atoms with E-state index in [-0.39, 0.29) is 18.8 Å². The second-order valence-electron chi connectivity index (χ2n) is 9.13. The molecule has 3 heterocycles. The molecule has 0 spiro atoms. The number of urea groups is 1. The summed E-state index contributed by atoms with van der Waals surface area (Å²) in [4.78, 5) is 40.7. The van der Waals surface area contributed by atoms with Crippen LogP contribution in [0.3, 0.4) is 0 Å². The number of alkyl carbamates (subject to hydrolysis) is 1. The van der Waals surface area contributed by atoms with Crippen molar-refractivity contribution in [3.05, 3.63) is 17.5 Å². The van der Waals surface area contributed by atoms with Crippen LogP contribution >= 0.6 is 0 Å². The van der Waals surface area contributed by atoms with Crippen molar-refractivity contribution in [1.82, 2.24) is 35.3 Å². The van der Waals surface area contributed by atoms with Crippen molar-refractivity contribution in [2.45, 2.75) is 38.5 Å². The maximum Gasteiger partial charge on any atom is 0.418 e. The molecule has 3 N–H and O–H groups in total. The highest BCUT2D eigenvalue weighted by atomic mass is 32.3. The summed E-state index contributed by atoms with van der Waals surface area (Å²) in [5.74, 6) is 0. The maximum absolute atomic E-state index is 12.8. The van der Waals surface area contributed by atoms with E-state index in [9.17, 15) is 22.8 Å². The van der Waals surface area contributed by atoms with Gasteiger partial charge in [0.05, 0.1) is 18.3 Å². The van der Waals surface area contributed by atoms with E-state index < -0.39 is 46.2 Å². The summed E-state index contributed by atoms with van der Waals surface area (Å²) in [7, 11) is -1.29. The average Bonchev–Trinajstić information content (AvgIpc) is 3.22. The highest BCUT2D eigenvalue weighted by Gasteiger charge is 2.52. The molecule has 0 saturated carbocycles. The lowest BCUT2D eigenvalue weighted by atomic mass is 9.98. The molecule has 1 aromatic rings. The number of aromatic nitrogens is 2. The van der Waals surface area contributed by atoms with E-state index in [0.29, 0.717) is 23.7 Å². The topological polar surface area (TPSA) is 176 Å². The summed E-state index contributed by atoms with van der Waals surface area (Å²) >= 11 is 0. The lowest BCUT2D eigenvalue weighted by molar-refractivity contribution is -0.0317. The molecule has 2 aliphatic heterocycles. The van der Waals surface area contributed by atoms with Crippen molar-refractivity contribution in [1.29, 1.82) is 0 Å². The first kappa shape index (κ1) is 25.7. The number of carbonyl (C=O) groups is 3. The predicted molar refractivity (Wildman–Crippen MR) is 116 cm³/mol. The van der Waals surface area contributed by atoms with Crippen LogP contribution in [0.25, 0.3) is 0 Å². The summed E-state index contributed by atoms with van der Waals surface area (Å²) < 4.78 is 42.5. The Hall–Kier alpha value is -2.95. The molecule has 1 saturated heterocycles. The number of rotatable bonds is 7. The molecule has 34 heavy (non-hydrogen) atoms. The number of nitrogens with one attached hydrogen (secondary N) is 2. The fourth-order valence-electron chi connectivity index (χ4n) is 3.61.